The topological polar surface area (TPSA) is 169 Å². The van der Waals surface area contributed by atoms with Gasteiger partial charge in [-0.05, 0) is 74.7 Å². The first-order chi connectivity index (χ1) is 57.6. The van der Waals surface area contributed by atoms with Gasteiger partial charge >= 0.3 is 10.4 Å². The molecule has 0 amide bonds. The maximum absolute atomic E-state index is 12.0. The first kappa shape index (κ1) is 111. The molecule has 1 aromatic heterocycles. The molecule has 0 aliphatic rings. The number of unbranched alkanes of at least 4 members (excludes halogenated alkanes) is 70. The fourth-order valence-electron chi connectivity index (χ4n) is 15.8. The summed E-state index contributed by atoms with van der Waals surface area (Å²) in [6.07, 6.45) is 117. The molecule has 688 valence electrons. The van der Waals surface area contributed by atoms with E-state index in [-0.39, 0.29) is 44.8 Å². The maximum atomic E-state index is 12.0. The normalized spacial score (nSPS) is 12.6. The standard InChI is InChI=1S/C101H194N6O9S/c1-7-11-15-19-23-27-31-35-39-43-45-47-49-53-57-61-65-69-73-77-81-87-112-92-106(93-113-88-82-78-74-70-66-62-58-54-50-48-46-44-40-36-32-28-24-20-16-12-8-2)100-102-99(105(91-108)96-116-117(109,110)111)103-101(104-100)107(94-114-89-85-97(5)83-79-75-71-67-63-59-55-51-41-37-33-29-25-21-17-13-9-3)95-115-90-86-98(6)84-80-76-72-68-64-60-56-52-42-38-34-30-26-22-18-14-10-4/h81-82,85-90,97-98,108H,7-80,83-84,91-96H2,1-6H3,(H,109,110,111). The van der Waals surface area contributed by atoms with Crippen molar-refractivity contribution in [3.63, 3.8) is 0 Å². The third kappa shape index (κ3) is 80.6. The molecule has 16 heteroatoms. The van der Waals surface area contributed by atoms with E-state index < -0.39 is 23.9 Å². The van der Waals surface area contributed by atoms with Crippen LogP contribution >= 0.6 is 0 Å². The molecule has 0 saturated heterocycles. The van der Waals surface area contributed by atoms with Gasteiger partial charge in [-0.15, -0.1) is 0 Å². The molecule has 2 unspecified atom stereocenters. The average Bonchev–Trinajstić information content (AvgIpc) is 0.814. The summed E-state index contributed by atoms with van der Waals surface area (Å²) in [5.74, 6) is 0.753. The third-order valence-electron chi connectivity index (χ3n) is 23.8. The lowest BCUT2D eigenvalue weighted by atomic mass is 10.0. The van der Waals surface area contributed by atoms with Gasteiger partial charge in [0.2, 0.25) is 17.8 Å². The van der Waals surface area contributed by atoms with Crippen molar-refractivity contribution in [1.82, 2.24) is 15.0 Å². The fraction of sp³-hybridized carbons (Fsp3) is 0.891. The van der Waals surface area contributed by atoms with Gasteiger partial charge in [-0.2, -0.15) is 23.4 Å². The van der Waals surface area contributed by atoms with Gasteiger partial charge in [0.1, 0.15) is 13.5 Å². The second kappa shape index (κ2) is 90.1. The smallest absolute Gasteiger partial charge is 0.399 e. The van der Waals surface area contributed by atoms with Crippen molar-refractivity contribution >= 4 is 28.2 Å². The summed E-state index contributed by atoms with van der Waals surface area (Å²) in [6, 6.07) is 0. The van der Waals surface area contributed by atoms with Crippen LogP contribution in [0.1, 0.15) is 530 Å². The van der Waals surface area contributed by atoms with Crippen LogP contribution in [0.3, 0.4) is 0 Å². The highest BCUT2D eigenvalue weighted by atomic mass is 32.3. The van der Waals surface area contributed by atoms with Gasteiger partial charge in [0.05, 0.1) is 25.0 Å². The summed E-state index contributed by atoms with van der Waals surface area (Å²) >= 11 is 0. The monoisotopic (exact) mass is 1670 g/mol. The van der Waals surface area contributed by atoms with Crippen LogP contribution in [0.5, 0.6) is 0 Å². The number of anilines is 3. The van der Waals surface area contributed by atoms with E-state index in [1.165, 1.54) is 449 Å². The lowest BCUT2D eigenvalue weighted by molar-refractivity contribution is 0.179. The molecule has 2 atom stereocenters. The van der Waals surface area contributed by atoms with Crippen LogP contribution in [0.2, 0.25) is 0 Å². The summed E-state index contributed by atoms with van der Waals surface area (Å²) in [7, 11) is -4.91. The van der Waals surface area contributed by atoms with E-state index in [9.17, 15) is 18.1 Å². The predicted molar refractivity (Wildman–Crippen MR) is 504 cm³/mol. The second-order valence-corrected chi connectivity index (χ2v) is 36.5. The minimum Gasteiger partial charge on any atom is -0.481 e. The Morgan fingerprint density at radius 1 is 0.274 bits per heavy atom. The van der Waals surface area contributed by atoms with Crippen molar-refractivity contribution in [3.05, 3.63) is 49.4 Å². The Hall–Kier alpha value is -3.60. The molecular formula is C101H194N6O9S. The van der Waals surface area contributed by atoms with E-state index in [0.717, 1.165) is 43.4 Å². The van der Waals surface area contributed by atoms with E-state index in [0.29, 0.717) is 11.8 Å². The Morgan fingerprint density at radius 3 is 0.667 bits per heavy atom. The number of hydrogen-bond donors (Lipinski definition) is 2. The molecule has 0 bridgehead atoms. The predicted octanol–water partition coefficient (Wildman–Crippen LogP) is 33.0. The number of hydrogen-bond acceptors (Lipinski definition) is 14. The highest BCUT2D eigenvalue weighted by Gasteiger charge is 2.23. The van der Waals surface area contributed by atoms with Crippen molar-refractivity contribution in [2.45, 2.75) is 530 Å². The van der Waals surface area contributed by atoms with Crippen LogP contribution in [0, 0.1) is 11.8 Å². The van der Waals surface area contributed by atoms with Crippen molar-refractivity contribution in [1.29, 1.82) is 0 Å². The third-order valence-corrected chi connectivity index (χ3v) is 24.2. The summed E-state index contributed by atoms with van der Waals surface area (Å²) in [5, 5.41) is 10.8. The molecule has 1 aromatic rings. The highest BCUT2D eigenvalue weighted by Crippen LogP contribution is 2.25. The van der Waals surface area contributed by atoms with E-state index in [1.54, 1.807) is 34.8 Å². The van der Waals surface area contributed by atoms with Crippen molar-refractivity contribution in [3.8, 4) is 0 Å². The van der Waals surface area contributed by atoms with Crippen LogP contribution in [0.15, 0.2) is 49.4 Å². The summed E-state index contributed by atoms with van der Waals surface area (Å²) in [4.78, 5) is 19.1. The maximum Gasteiger partial charge on any atom is 0.399 e. The minimum atomic E-state index is -4.91. The van der Waals surface area contributed by atoms with Gasteiger partial charge in [-0.25, -0.2) is 4.18 Å². The number of ether oxygens (including phenoxy) is 4. The summed E-state index contributed by atoms with van der Waals surface area (Å²) in [6.45, 7) is 12.1. The fourth-order valence-corrected chi connectivity index (χ4v) is 16.1. The Labute approximate surface area is 726 Å². The zero-order chi connectivity index (χ0) is 84.4. The first-order valence-electron chi connectivity index (χ1n) is 50.9. The van der Waals surface area contributed by atoms with Crippen molar-refractivity contribution in [2.24, 2.45) is 11.8 Å². The molecule has 0 saturated carbocycles. The van der Waals surface area contributed by atoms with Crippen LogP contribution in [-0.4, -0.2) is 73.4 Å². The highest BCUT2D eigenvalue weighted by molar-refractivity contribution is 7.80. The molecule has 117 heavy (non-hydrogen) atoms. The van der Waals surface area contributed by atoms with Crippen LogP contribution in [-0.2, 0) is 33.5 Å². The molecule has 0 aromatic carbocycles. The average molecular weight is 1670 g/mol. The molecule has 2 N–H and O–H groups in total. The van der Waals surface area contributed by atoms with Gasteiger partial charge < -0.3 is 24.1 Å². The Morgan fingerprint density at radius 2 is 0.462 bits per heavy atom. The van der Waals surface area contributed by atoms with Gasteiger partial charge in [0.15, 0.2) is 26.9 Å². The van der Waals surface area contributed by atoms with Gasteiger partial charge in [0.25, 0.3) is 0 Å². The first-order valence-corrected chi connectivity index (χ1v) is 52.3. The number of nitrogens with zero attached hydrogens (tertiary/aromatic N) is 6. The second-order valence-electron chi connectivity index (χ2n) is 35.4. The number of aliphatic hydroxyl groups excluding tert-OH is 1. The molecule has 1 heterocycles. The van der Waals surface area contributed by atoms with Gasteiger partial charge in [-0.3, -0.25) is 19.3 Å². The van der Waals surface area contributed by atoms with E-state index >= 15 is 0 Å². The molecule has 15 nitrogen and oxygen atoms in total. The number of aromatic nitrogens is 3. The molecule has 1 rings (SSSR count). The lowest BCUT2D eigenvalue weighted by Crippen LogP contribution is -2.36. The Kier molecular flexibility index (Phi) is 85.8. The number of allylic oxidation sites excluding steroid dienone is 4. The molecule has 0 radical (unpaired) electrons. The van der Waals surface area contributed by atoms with E-state index in [4.69, 9.17) is 38.1 Å². The molecule has 0 fully saturated rings. The summed E-state index contributed by atoms with van der Waals surface area (Å²) < 4.78 is 63.7. The molecular weight excluding hydrogens is 1470 g/mol. The molecule has 0 spiro atoms. The van der Waals surface area contributed by atoms with E-state index in [1.807, 2.05) is 0 Å². The Balaban J connectivity index is 3.21. The van der Waals surface area contributed by atoms with Gasteiger partial charge in [0, 0.05) is 0 Å². The SMILES string of the molecule is CCCCCCCCCCCCCCCCCCCCCC=COCN(COC=CCCCCCCCCCCCCCCCCCCCCC)c1nc(N(COC=CC(C)CCCCCCCCCCCCCCCCCCC)COC=CC(C)CCCCCCCCCCCCCCCCCCC)nc(N(CO)COS(=O)(=O)O)n1. The number of aliphatic hydroxyl groups is 1. The quantitative estimate of drug-likeness (QED) is 0.0273. The van der Waals surface area contributed by atoms with Crippen LogP contribution < -0.4 is 14.7 Å². The van der Waals surface area contributed by atoms with Gasteiger partial charge in [-0.1, -0.05) is 491 Å². The largest absolute Gasteiger partial charge is 0.481 e. The molecule has 0 aliphatic carbocycles. The zero-order valence-corrected chi connectivity index (χ0v) is 78.9. The van der Waals surface area contributed by atoms with Crippen LogP contribution in [0.25, 0.3) is 0 Å². The van der Waals surface area contributed by atoms with Crippen LogP contribution in [0.4, 0.5) is 17.8 Å². The minimum absolute atomic E-state index is 0.000484. The number of rotatable bonds is 97. The van der Waals surface area contributed by atoms with Crippen molar-refractivity contribution in [2.75, 3.05) is 55.1 Å². The lowest BCUT2D eigenvalue weighted by Gasteiger charge is -2.27. The van der Waals surface area contributed by atoms with E-state index in [2.05, 4.69) is 65.8 Å². The zero-order valence-electron chi connectivity index (χ0n) is 78.1. The Bertz CT molecular complexity index is 2290. The summed E-state index contributed by atoms with van der Waals surface area (Å²) in [5.41, 5.74) is 0. The molecule has 0 aliphatic heterocycles. The van der Waals surface area contributed by atoms with Crippen molar-refractivity contribution < 1.29 is 41.2 Å².